The van der Waals surface area contributed by atoms with Gasteiger partial charge in [-0.2, -0.15) is 0 Å². The largest absolute Gasteiger partial charge is 0.378 e. The molecule has 1 saturated heterocycles. The van der Waals surface area contributed by atoms with Gasteiger partial charge in [-0.3, -0.25) is 5.32 Å². The number of rotatable bonds is 5. The number of hydrogen-bond donors (Lipinski definition) is 3. The van der Waals surface area contributed by atoms with Crippen LogP contribution >= 0.6 is 35.0 Å². The van der Waals surface area contributed by atoms with Crippen molar-refractivity contribution in [3.63, 3.8) is 0 Å². The Morgan fingerprint density at radius 1 is 1.20 bits per heavy atom. The fourth-order valence-electron chi connectivity index (χ4n) is 2.43. The molecule has 5 nitrogen and oxygen atoms in total. The number of aliphatic hydroxyl groups excluding tert-OH is 1. The zero-order chi connectivity index (χ0) is 18.0. The van der Waals surface area contributed by atoms with Crippen LogP contribution in [0.4, 0.5) is 0 Å². The van der Waals surface area contributed by atoms with Gasteiger partial charge in [-0.15, -0.1) is 11.8 Å². The number of nitrogens with one attached hydrogen (secondary N) is 2. The van der Waals surface area contributed by atoms with Crippen LogP contribution in [0.1, 0.15) is 16.5 Å². The fraction of sp³-hybridized carbons (Fsp3) is 0.250. The van der Waals surface area contributed by atoms with Crippen LogP contribution in [0.2, 0.25) is 10.0 Å². The second-order valence-corrected chi connectivity index (χ2v) is 9.19. The van der Waals surface area contributed by atoms with E-state index < -0.39 is 16.3 Å². The second kappa shape index (κ2) is 7.84. The third-order valence-electron chi connectivity index (χ3n) is 3.72. The standard InChI is InChI=1S/C16H16Cl2N2O3S2/c17-12-4-2-1-3-11(12)8-19-25(22,23)14-7-10(5-6-13(14)18)16-20-15(21)9-24-16/h1-7,15-16,19-21H,8-9H2. The minimum atomic E-state index is -3.81. The highest BCUT2D eigenvalue weighted by Crippen LogP contribution is 2.34. The van der Waals surface area contributed by atoms with Crippen LogP contribution in [0.3, 0.4) is 0 Å². The molecule has 1 heterocycles. The van der Waals surface area contributed by atoms with Crippen LogP contribution in [0.15, 0.2) is 47.4 Å². The molecule has 0 bridgehead atoms. The highest BCUT2D eigenvalue weighted by atomic mass is 35.5. The average Bonchev–Trinajstić information content (AvgIpc) is 3.01. The summed E-state index contributed by atoms with van der Waals surface area (Å²) in [6, 6.07) is 11.8. The van der Waals surface area contributed by atoms with Gasteiger partial charge in [-0.1, -0.05) is 47.5 Å². The molecule has 9 heteroatoms. The van der Waals surface area contributed by atoms with E-state index in [-0.39, 0.29) is 21.8 Å². The number of thioether (sulfide) groups is 1. The van der Waals surface area contributed by atoms with Gasteiger partial charge in [0.15, 0.2) is 0 Å². The number of benzene rings is 2. The first-order chi connectivity index (χ1) is 11.9. The molecule has 1 fully saturated rings. The maximum absolute atomic E-state index is 12.7. The molecule has 2 aromatic carbocycles. The normalized spacial score (nSPS) is 20.8. The molecule has 2 atom stereocenters. The van der Waals surface area contributed by atoms with Crippen molar-refractivity contribution in [1.82, 2.24) is 10.0 Å². The Kier molecular flexibility index (Phi) is 5.95. The van der Waals surface area contributed by atoms with E-state index in [4.69, 9.17) is 23.2 Å². The third-order valence-corrected chi connectivity index (χ3v) is 7.22. The molecule has 1 aliphatic heterocycles. The monoisotopic (exact) mass is 418 g/mol. The van der Waals surface area contributed by atoms with Gasteiger partial charge in [0.05, 0.1) is 10.4 Å². The highest BCUT2D eigenvalue weighted by Gasteiger charge is 2.26. The summed E-state index contributed by atoms with van der Waals surface area (Å²) in [5.41, 5.74) is 1.42. The molecule has 0 amide bonds. The van der Waals surface area contributed by atoms with Crippen LogP contribution in [-0.4, -0.2) is 25.5 Å². The van der Waals surface area contributed by atoms with Crippen molar-refractivity contribution in [2.24, 2.45) is 0 Å². The molecule has 0 aliphatic carbocycles. The Bertz CT molecular complexity index is 877. The smallest absolute Gasteiger partial charge is 0.242 e. The molecule has 134 valence electrons. The Balaban J connectivity index is 1.82. The second-order valence-electron chi connectivity index (χ2n) is 5.50. The van der Waals surface area contributed by atoms with Crippen molar-refractivity contribution >= 4 is 45.0 Å². The van der Waals surface area contributed by atoms with Gasteiger partial charge in [0.1, 0.15) is 11.1 Å². The van der Waals surface area contributed by atoms with E-state index >= 15 is 0 Å². The maximum Gasteiger partial charge on any atom is 0.242 e. The number of sulfonamides is 1. The molecule has 25 heavy (non-hydrogen) atoms. The van der Waals surface area contributed by atoms with Gasteiger partial charge in [0.25, 0.3) is 0 Å². The topological polar surface area (TPSA) is 78.4 Å². The SMILES string of the molecule is O=S(=O)(NCc1ccccc1Cl)c1cc(C2NC(O)CS2)ccc1Cl. The van der Waals surface area contributed by atoms with E-state index in [0.717, 1.165) is 5.56 Å². The molecular weight excluding hydrogens is 403 g/mol. The van der Waals surface area contributed by atoms with Crippen LogP contribution in [-0.2, 0) is 16.6 Å². The van der Waals surface area contributed by atoms with E-state index in [1.807, 2.05) is 0 Å². The Labute approximate surface area is 160 Å². The third kappa shape index (κ3) is 4.49. The van der Waals surface area contributed by atoms with Crippen molar-refractivity contribution in [3.8, 4) is 0 Å². The summed E-state index contributed by atoms with van der Waals surface area (Å²) in [6.07, 6.45) is -0.607. The molecule has 0 radical (unpaired) electrons. The minimum Gasteiger partial charge on any atom is -0.378 e. The van der Waals surface area contributed by atoms with Crippen molar-refractivity contribution in [2.45, 2.75) is 23.0 Å². The molecular formula is C16H16Cl2N2O3S2. The summed E-state index contributed by atoms with van der Waals surface area (Å²) in [5.74, 6) is 0.542. The lowest BCUT2D eigenvalue weighted by atomic mass is 10.2. The van der Waals surface area contributed by atoms with Crippen molar-refractivity contribution in [1.29, 1.82) is 0 Å². The lowest BCUT2D eigenvalue weighted by molar-refractivity contribution is 0.167. The zero-order valence-electron chi connectivity index (χ0n) is 12.9. The van der Waals surface area contributed by atoms with E-state index in [9.17, 15) is 13.5 Å². The lowest BCUT2D eigenvalue weighted by Crippen LogP contribution is -2.26. The first kappa shape index (κ1) is 19.0. The minimum absolute atomic E-state index is 0.00232. The van der Waals surface area contributed by atoms with Gasteiger partial charge in [0.2, 0.25) is 10.0 Å². The van der Waals surface area contributed by atoms with Gasteiger partial charge in [-0.25, -0.2) is 13.1 Å². The summed E-state index contributed by atoms with van der Waals surface area (Å²) in [4.78, 5) is 0.00232. The van der Waals surface area contributed by atoms with E-state index in [1.54, 1.807) is 36.4 Å². The molecule has 2 unspecified atom stereocenters. The number of halogens is 2. The first-order valence-corrected chi connectivity index (χ1v) is 10.7. The van der Waals surface area contributed by atoms with Gasteiger partial charge < -0.3 is 5.11 Å². The predicted octanol–water partition coefficient (Wildman–Crippen LogP) is 3.13. The first-order valence-electron chi connectivity index (χ1n) is 7.45. The molecule has 0 spiro atoms. The summed E-state index contributed by atoms with van der Waals surface area (Å²) < 4.78 is 27.8. The lowest BCUT2D eigenvalue weighted by Gasteiger charge is -2.14. The summed E-state index contributed by atoms with van der Waals surface area (Å²) in [7, 11) is -3.81. The van der Waals surface area contributed by atoms with Crippen molar-refractivity contribution in [3.05, 3.63) is 63.6 Å². The van der Waals surface area contributed by atoms with Crippen molar-refractivity contribution < 1.29 is 13.5 Å². The Morgan fingerprint density at radius 2 is 1.96 bits per heavy atom. The summed E-state index contributed by atoms with van der Waals surface area (Å²) in [5, 5.41) is 13.0. The number of aliphatic hydroxyl groups is 1. The molecule has 3 N–H and O–H groups in total. The van der Waals surface area contributed by atoms with Crippen LogP contribution < -0.4 is 10.0 Å². The summed E-state index contributed by atoms with van der Waals surface area (Å²) >= 11 is 13.7. The van der Waals surface area contributed by atoms with Gasteiger partial charge in [0, 0.05) is 17.3 Å². The van der Waals surface area contributed by atoms with Gasteiger partial charge in [-0.05, 0) is 29.3 Å². The van der Waals surface area contributed by atoms with E-state index in [0.29, 0.717) is 16.3 Å². The van der Waals surface area contributed by atoms with E-state index in [1.165, 1.54) is 17.8 Å². The molecule has 3 rings (SSSR count). The molecule has 2 aromatic rings. The van der Waals surface area contributed by atoms with Crippen LogP contribution in [0, 0.1) is 0 Å². The van der Waals surface area contributed by atoms with Gasteiger partial charge >= 0.3 is 0 Å². The fourth-order valence-corrected chi connectivity index (χ4v) is 5.24. The highest BCUT2D eigenvalue weighted by molar-refractivity contribution is 7.99. The van der Waals surface area contributed by atoms with Crippen LogP contribution in [0.25, 0.3) is 0 Å². The molecule has 0 saturated carbocycles. The molecule has 1 aliphatic rings. The summed E-state index contributed by atoms with van der Waals surface area (Å²) in [6.45, 7) is 0.0672. The number of hydrogen-bond acceptors (Lipinski definition) is 5. The van der Waals surface area contributed by atoms with E-state index in [2.05, 4.69) is 10.0 Å². The van der Waals surface area contributed by atoms with Crippen molar-refractivity contribution in [2.75, 3.05) is 5.75 Å². The average molecular weight is 419 g/mol. The zero-order valence-corrected chi connectivity index (χ0v) is 16.1. The maximum atomic E-state index is 12.7. The van der Waals surface area contributed by atoms with Crippen LogP contribution in [0.5, 0.6) is 0 Å². The quantitative estimate of drug-likeness (QED) is 0.694. The Hall–Kier alpha value is -0.800. The Morgan fingerprint density at radius 3 is 2.64 bits per heavy atom. The molecule has 0 aromatic heterocycles. The predicted molar refractivity (Wildman–Crippen MR) is 101 cm³/mol.